The van der Waals surface area contributed by atoms with Crippen molar-refractivity contribution in [2.45, 2.75) is 11.7 Å². The first-order chi connectivity index (χ1) is 12.5. The van der Waals surface area contributed by atoms with Crippen molar-refractivity contribution < 1.29 is 4.79 Å². The third-order valence-corrected chi connectivity index (χ3v) is 5.66. The molecule has 0 atom stereocenters. The summed E-state index contributed by atoms with van der Waals surface area (Å²) in [7, 11) is 1.80. The van der Waals surface area contributed by atoms with Gasteiger partial charge in [0.05, 0.1) is 11.4 Å². The maximum Gasteiger partial charge on any atom is 0.233 e. The van der Waals surface area contributed by atoms with Crippen LogP contribution in [0.15, 0.2) is 64.5 Å². The predicted octanol–water partition coefficient (Wildman–Crippen LogP) is 4.43. The first kappa shape index (κ1) is 18.9. The average molecular weight is 452 g/mol. The van der Waals surface area contributed by atoms with E-state index in [0.717, 1.165) is 15.7 Å². The molecule has 8 heteroatoms. The molecule has 1 aromatic heterocycles. The fourth-order valence-corrected chi connectivity index (χ4v) is 3.80. The van der Waals surface area contributed by atoms with Crippen molar-refractivity contribution in [1.29, 1.82) is 0 Å². The second kappa shape index (κ2) is 8.70. The maximum absolute atomic E-state index is 12.5. The maximum atomic E-state index is 12.5. The first-order valence-electron chi connectivity index (χ1n) is 7.80. The van der Waals surface area contributed by atoms with Gasteiger partial charge in [-0.25, -0.2) is 0 Å². The highest BCUT2D eigenvalue weighted by molar-refractivity contribution is 9.10. The molecular formula is C18H16BrClN4OS. The Labute approximate surface area is 169 Å². The summed E-state index contributed by atoms with van der Waals surface area (Å²) in [5, 5.41) is 9.34. The van der Waals surface area contributed by atoms with Gasteiger partial charge in [0.15, 0.2) is 5.16 Å². The highest BCUT2D eigenvalue weighted by Gasteiger charge is 2.14. The summed E-state index contributed by atoms with van der Waals surface area (Å²) in [6, 6.07) is 15.3. The number of benzene rings is 2. The molecule has 0 bridgehead atoms. The van der Waals surface area contributed by atoms with Gasteiger partial charge in [0, 0.05) is 23.1 Å². The number of amides is 1. The fraction of sp³-hybridized carbons (Fsp3) is 0.167. The first-order valence-corrected chi connectivity index (χ1v) is 9.96. The van der Waals surface area contributed by atoms with E-state index in [9.17, 15) is 4.79 Å². The van der Waals surface area contributed by atoms with Crippen LogP contribution in [0.1, 0.15) is 5.56 Å². The molecule has 0 fully saturated rings. The van der Waals surface area contributed by atoms with Gasteiger partial charge >= 0.3 is 0 Å². The molecule has 5 nitrogen and oxygen atoms in total. The predicted molar refractivity (Wildman–Crippen MR) is 108 cm³/mol. The number of rotatable bonds is 6. The van der Waals surface area contributed by atoms with Crippen LogP contribution in [0.2, 0.25) is 5.02 Å². The molecule has 0 aliphatic carbocycles. The van der Waals surface area contributed by atoms with Crippen LogP contribution in [0.5, 0.6) is 0 Å². The van der Waals surface area contributed by atoms with Crippen LogP contribution in [-0.2, 0) is 11.3 Å². The minimum absolute atomic E-state index is 0.0198. The molecule has 0 aliphatic heterocycles. The van der Waals surface area contributed by atoms with E-state index in [1.165, 1.54) is 11.8 Å². The van der Waals surface area contributed by atoms with Crippen molar-refractivity contribution in [1.82, 2.24) is 19.7 Å². The molecule has 3 aromatic rings. The van der Waals surface area contributed by atoms with Crippen LogP contribution in [0, 0.1) is 0 Å². The van der Waals surface area contributed by atoms with Crippen molar-refractivity contribution in [3.63, 3.8) is 0 Å². The minimum Gasteiger partial charge on any atom is -0.341 e. The molecule has 0 saturated carbocycles. The molecule has 0 spiro atoms. The zero-order valence-electron chi connectivity index (χ0n) is 14.0. The molecule has 0 unspecified atom stereocenters. The van der Waals surface area contributed by atoms with Crippen molar-refractivity contribution in [3.05, 3.63) is 69.9 Å². The number of halogens is 2. The normalized spacial score (nSPS) is 10.7. The van der Waals surface area contributed by atoms with E-state index in [1.807, 2.05) is 53.1 Å². The van der Waals surface area contributed by atoms with Gasteiger partial charge in [-0.1, -0.05) is 63.6 Å². The van der Waals surface area contributed by atoms with E-state index in [2.05, 4.69) is 26.1 Å². The van der Waals surface area contributed by atoms with Crippen LogP contribution in [0.25, 0.3) is 5.69 Å². The van der Waals surface area contributed by atoms with Gasteiger partial charge in [0.1, 0.15) is 6.33 Å². The lowest BCUT2D eigenvalue weighted by molar-refractivity contribution is -0.127. The number of thioether (sulfide) groups is 1. The van der Waals surface area contributed by atoms with Crippen LogP contribution >= 0.6 is 39.3 Å². The average Bonchev–Trinajstić information content (AvgIpc) is 3.10. The summed E-state index contributed by atoms with van der Waals surface area (Å²) < 4.78 is 2.81. The summed E-state index contributed by atoms with van der Waals surface area (Å²) in [6.45, 7) is 0.543. The van der Waals surface area contributed by atoms with Crippen LogP contribution in [-0.4, -0.2) is 38.4 Å². The number of hydrogen-bond donors (Lipinski definition) is 0. The molecule has 1 amide bonds. The Balaban J connectivity index is 1.63. The molecule has 0 saturated heterocycles. The van der Waals surface area contributed by atoms with E-state index < -0.39 is 0 Å². The van der Waals surface area contributed by atoms with E-state index in [4.69, 9.17) is 11.6 Å². The molecule has 0 aliphatic rings. The Kier molecular flexibility index (Phi) is 6.34. The SMILES string of the molecule is CN(Cc1ccccc1Br)C(=O)CSc1nncn1-c1cccc(Cl)c1. The molecule has 26 heavy (non-hydrogen) atoms. The number of nitrogens with zero attached hydrogens (tertiary/aromatic N) is 4. The van der Waals surface area contributed by atoms with Crippen LogP contribution in [0.4, 0.5) is 0 Å². The van der Waals surface area contributed by atoms with Gasteiger partial charge in [-0.05, 0) is 29.8 Å². The van der Waals surface area contributed by atoms with Gasteiger partial charge in [-0.15, -0.1) is 10.2 Å². The molecule has 134 valence electrons. The van der Waals surface area contributed by atoms with Gasteiger partial charge < -0.3 is 4.90 Å². The van der Waals surface area contributed by atoms with E-state index in [1.54, 1.807) is 18.3 Å². The third kappa shape index (κ3) is 4.66. The largest absolute Gasteiger partial charge is 0.341 e. The third-order valence-electron chi connectivity index (χ3n) is 3.72. The van der Waals surface area contributed by atoms with E-state index in [-0.39, 0.29) is 11.7 Å². The molecular weight excluding hydrogens is 436 g/mol. The van der Waals surface area contributed by atoms with E-state index in [0.29, 0.717) is 16.7 Å². The van der Waals surface area contributed by atoms with Crippen molar-refractivity contribution in [2.24, 2.45) is 0 Å². The molecule has 2 aromatic carbocycles. The summed E-state index contributed by atoms with van der Waals surface area (Å²) in [4.78, 5) is 14.2. The smallest absolute Gasteiger partial charge is 0.233 e. The lowest BCUT2D eigenvalue weighted by Gasteiger charge is -2.18. The highest BCUT2D eigenvalue weighted by atomic mass is 79.9. The monoisotopic (exact) mass is 450 g/mol. The minimum atomic E-state index is 0.0198. The van der Waals surface area contributed by atoms with Gasteiger partial charge in [0.2, 0.25) is 5.91 Å². The number of hydrogen-bond acceptors (Lipinski definition) is 4. The highest BCUT2D eigenvalue weighted by Crippen LogP contribution is 2.22. The molecule has 3 rings (SSSR count). The van der Waals surface area contributed by atoms with E-state index >= 15 is 0 Å². The topological polar surface area (TPSA) is 51.0 Å². The number of aromatic nitrogens is 3. The standard InChI is InChI=1S/C18H16BrClN4OS/c1-23(10-13-5-2-3-8-16(13)19)17(25)11-26-18-22-21-12-24(18)15-7-4-6-14(20)9-15/h2-9,12H,10-11H2,1H3. The van der Waals surface area contributed by atoms with Crippen molar-refractivity contribution >= 4 is 45.2 Å². The molecule has 0 radical (unpaired) electrons. The zero-order valence-corrected chi connectivity index (χ0v) is 17.1. The van der Waals surface area contributed by atoms with Gasteiger partial charge in [0.25, 0.3) is 0 Å². The summed E-state index contributed by atoms with van der Waals surface area (Å²) in [5.74, 6) is 0.298. The lowest BCUT2D eigenvalue weighted by Crippen LogP contribution is -2.28. The Morgan fingerprint density at radius 3 is 2.85 bits per heavy atom. The number of carbonyl (C=O) groups is 1. The van der Waals surface area contributed by atoms with Gasteiger partial charge in [-0.2, -0.15) is 0 Å². The second-order valence-electron chi connectivity index (χ2n) is 5.59. The quantitative estimate of drug-likeness (QED) is 0.520. The second-order valence-corrected chi connectivity index (χ2v) is 7.83. The summed E-state index contributed by atoms with van der Waals surface area (Å²) in [5.41, 5.74) is 1.93. The fourth-order valence-electron chi connectivity index (χ4n) is 2.33. The van der Waals surface area contributed by atoms with Crippen molar-refractivity contribution in [3.8, 4) is 5.69 Å². The summed E-state index contributed by atoms with van der Waals surface area (Å²) >= 11 is 10.9. The Hall–Kier alpha value is -1.83. The summed E-state index contributed by atoms with van der Waals surface area (Å²) in [6.07, 6.45) is 1.61. The lowest BCUT2D eigenvalue weighted by atomic mass is 10.2. The molecule has 1 heterocycles. The van der Waals surface area contributed by atoms with Crippen molar-refractivity contribution in [2.75, 3.05) is 12.8 Å². The number of carbonyl (C=O) groups excluding carboxylic acids is 1. The Bertz CT molecular complexity index is 917. The van der Waals surface area contributed by atoms with Crippen LogP contribution in [0.3, 0.4) is 0 Å². The zero-order chi connectivity index (χ0) is 18.5. The Morgan fingerprint density at radius 1 is 1.27 bits per heavy atom. The Morgan fingerprint density at radius 2 is 2.08 bits per heavy atom. The van der Waals surface area contributed by atoms with Crippen LogP contribution < -0.4 is 0 Å². The molecule has 0 N–H and O–H groups in total. The van der Waals surface area contributed by atoms with Gasteiger partial charge in [-0.3, -0.25) is 9.36 Å².